The van der Waals surface area contributed by atoms with Crippen LogP contribution in [-0.2, 0) is 13.6 Å². The number of aliphatic hydroxyl groups excluding tert-OH is 1. The first kappa shape index (κ1) is 15.1. The van der Waals surface area contributed by atoms with Crippen molar-refractivity contribution in [2.75, 3.05) is 26.7 Å². The number of rotatable bonds is 8. The van der Waals surface area contributed by atoms with E-state index in [9.17, 15) is 5.11 Å². The van der Waals surface area contributed by atoms with Crippen molar-refractivity contribution in [1.29, 1.82) is 0 Å². The van der Waals surface area contributed by atoms with E-state index in [1.165, 1.54) is 0 Å². The number of hydrogen-bond donors (Lipinski definition) is 2. The van der Waals surface area contributed by atoms with E-state index in [-0.39, 0.29) is 6.10 Å². The maximum Gasteiger partial charge on any atom is 0.122 e. The molecule has 0 aliphatic rings. The van der Waals surface area contributed by atoms with Crippen molar-refractivity contribution < 1.29 is 5.11 Å². The summed E-state index contributed by atoms with van der Waals surface area (Å²) in [6, 6.07) is 0. The molecule has 0 spiro atoms. The van der Waals surface area contributed by atoms with E-state index in [4.69, 9.17) is 0 Å². The summed E-state index contributed by atoms with van der Waals surface area (Å²) in [5.41, 5.74) is 0. The molecule has 1 rings (SSSR count). The van der Waals surface area contributed by atoms with Crippen LogP contribution in [-0.4, -0.2) is 52.3 Å². The van der Waals surface area contributed by atoms with Gasteiger partial charge in [-0.1, -0.05) is 13.8 Å². The second-order valence-electron chi connectivity index (χ2n) is 5.36. The largest absolute Gasteiger partial charge is 0.390 e. The van der Waals surface area contributed by atoms with E-state index in [0.29, 0.717) is 19.0 Å². The predicted octanol–water partition coefficient (Wildman–Crippen LogP) is 0.458. The minimum atomic E-state index is -0.339. The smallest absolute Gasteiger partial charge is 0.122 e. The fourth-order valence-corrected chi connectivity index (χ4v) is 1.82. The molecule has 1 unspecified atom stereocenters. The summed E-state index contributed by atoms with van der Waals surface area (Å²) in [4.78, 5) is 6.36. The van der Waals surface area contributed by atoms with Crippen LogP contribution in [0.2, 0.25) is 0 Å². The first-order chi connectivity index (χ1) is 8.49. The highest BCUT2D eigenvalue weighted by molar-refractivity contribution is 4.90. The van der Waals surface area contributed by atoms with Crippen LogP contribution in [0.5, 0.6) is 0 Å². The van der Waals surface area contributed by atoms with Crippen LogP contribution in [0.25, 0.3) is 0 Å². The number of aryl methyl sites for hydroxylation is 1. The van der Waals surface area contributed by atoms with Gasteiger partial charge in [-0.05, 0) is 19.5 Å². The Balaban J connectivity index is 2.23. The molecule has 5 nitrogen and oxygen atoms in total. The highest BCUT2D eigenvalue weighted by Gasteiger charge is 2.10. The summed E-state index contributed by atoms with van der Waals surface area (Å²) in [5, 5.41) is 13.2. The molecule has 0 amide bonds. The predicted molar refractivity (Wildman–Crippen MR) is 73.3 cm³/mol. The van der Waals surface area contributed by atoms with Gasteiger partial charge in [-0.2, -0.15) is 0 Å². The summed E-state index contributed by atoms with van der Waals surface area (Å²) in [5.74, 6) is 1.63. The standard InChI is InChI=1S/C13H26N4O/c1-11(2)7-14-8-12(18)9-16(3)10-13-15-5-6-17(13)4/h5-6,11-12,14,18H,7-10H2,1-4H3. The number of imidazole rings is 1. The SMILES string of the molecule is CC(C)CNCC(O)CN(C)Cc1nccn1C. The Hall–Kier alpha value is -0.910. The molecule has 0 aliphatic heterocycles. The Morgan fingerprint density at radius 3 is 2.72 bits per heavy atom. The quantitative estimate of drug-likeness (QED) is 0.707. The number of nitrogens with one attached hydrogen (secondary N) is 1. The number of aliphatic hydroxyl groups is 1. The Labute approximate surface area is 110 Å². The third-order valence-electron chi connectivity index (χ3n) is 2.79. The summed E-state index contributed by atoms with van der Waals surface area (Å²) in [7, 11) is 3.98. The van der Waals surface area contributed by atoms with E-state index >= 15 is 0 Å². The van der Waals surface area contributed by atoms with Crippen molar-refractivity contribution in [3.8, 4) is 0 Å². The molecule has 18 heavy (non-hydrogen) atoms. The van der Waals surface area contributed by atoms with Crippen LogP contribution in [0, 0.1) is 5.92 Å². The van der Waals surface area contributed by atoms with Gasteiger partial charge in [-0.25, -0.2) is 4.98 Å². The van der Waals surface area contributed by atoms with E-state index in [2.05, 4.69) is 29.0 Å². The lowest BCUT2D eigenvalue weighted by molar-refractivity contribution is 0.119. The third kappa shape index (κ3) is 5.62. The van der Waals surface area contributed by atoms with Crippen molar-refractivity contribution in [2.45, 2.75) is 26.5 Å². The topological polar surface area (TPSA) is 53.3 Å². The lowest BCUT2D eigenvalue weighted by atomic mass is 10.2. The summed E-state index contributed by atoms with van der Waals surface area (Å²) >= 11 is 0. The normalized spacial score (nSPS) is 13.5. The Morgan fingerprint density at radius 1 is 1.44 bits per heavy atom. The minimum Gasteiger partial charge on any atom is -0.390 e. The van der Waals surface area contributed by atoms with Gasteiger partial charge in [0.25, 0.3) is 0 Å². The molecular weight excluding hydrogens is 228 g/mol. The molecule has 0 fully saturated rings. The van der Waals surface area contributed by atoms with Gasteiger partial charge in [0.05, 0.1) is 12.6 Å². The fraction of sp³-hybridized carbons (Fsp3) is 0.769. The maximum absolute atomic E-state index is 9.90. The van der Waals surface area contributed by atoms with Gasteiger partial charge >= 0.3 is 0 Å². The maximum atomic E-state index is 9.90. The van der Waals surface area contributed by atoms with Crippen LogP contribution in [0.4, 0.5) is 0 Å². The first-order valence-corrected chi connectivity index (χ1v) is 6.52. The third-order valence-corrected chi connectivity index (χ3v) is 2.79. The van der Waals surface area contributed by atoms with Crippen LogP contribution in [0.1, 0.15) is 19.7 Å². The lowest BCUT2D eigenvalue weighted by Crippen LogP contribution is -2.37. The van der Waals surface area contributed by atoms with E-state index in [1.54, 1.807) is 6.20 Å². The molecule has 0 saturated heterocycles. The Bertz CT molecular complexity index is 337. The van der Waals surface area contributed by atoms with E-state index in [1.807, 2.05) is 24.9 Å². The van der Waals surface area contributed by atoms with E-state index in [0.717, 1.165) is 18.9 Å². The van der Waals surface area contributed by atoms with Gasteiger partial charge < -0.3 is 15.0 Å². The molecule has 104 valence electrons. The fourth-order valence-electron chi connectivity index (χ4n) is 1.82. The minimum absolute atomic E-state index is 0.339. The molecule has 1 aromatic heterocycles. The van der Waals surface area contributed by atoms with Gasteiger partial charge in [-0.15, -0.1) is 0 Å². The van der Waals surface area contributed by atoms with Crippen LogP contribution in [0.15, 0.2) is 12.4 Å². The molecule has 0 bridgehead atoms. The summed E-state index contributed by atoms with van der Waals surface area (Å²) in [6.07, 6.45) is 3.39. The Morgan fingerprint density at radius 2 is 2.17 bits per heavy atom. The first-order valence-electron chi connectivity index (χ1n) is 6.52. The second-order valence-corrected chi connectivity index (χ2v) is 5.36. The number of likely N-dealkylation sites (N-methyl/N-ethyl adjacent to an activating group) is 1. The molecule has 5 heteroatoms. The number of nitrogens with zero attached hydrogens (tertiary/aromatic N) is 3. The van der Waals surface area contributed by atoms with Gasteiger partial charge in [0, 0.05) is 32.5 Å². The average Bonchev–Trinajstić information content (AvgIpc) is 2.63. The lowest BCUT2D eigenvalue weighted by Gasteiger charge is -2.21. The molecule has 0 saturated carbocycles. The molecule has 1 atom stereocenters. The highest BCUT2D eigenvalue weighted by atomic mass is 16.3. The highest BCUT2D eigenvalue weighted by Crippen LogP contribution is 2.00. The van der Waals surface area contributed by atoms with Gasteiger partial charge in [-0.3, -0.25) is 4.90 Å². The molecule has 0 aliphatic carbocycles. The average molecular weight is 254 g/mol. The Kier molecular flexibility index (Phi) is 6.32. The van der Waals surface area contributed by atoms with Crippen molar-refractivity contribution >= 4 is 0 Å². The molecule has 0 radical (unpaired) electrons. The van der Waals surface area contributed by atoms with Gasteiger partial charge in [0.15, 0.2) is 0 Å². The molecular formula is C13H26N4O. The van der Waals surface area contributed by atoms with Crippen molar-refractivity contribution in [1.82, 2.24) is 19.8 Å². The molecule has 2 N–H and O–H groups in total. The zero-order valence-electron chi connectivity index (χ0n) is 11.9. The zero-order valence-corrected chi connectivity index (χ0v) is 11.9. The molecule has 1 heterocycles. The van der Waals surface area contributed by atoms with E-state index < -0.39 is 0 Å². The summed E-state index contributed by atoms with van der Waals surface area (Å²) < 4.78 is 2.00. The van der Waals surface area contributed by atoms with Crippen LogP contribution >= 0.6 is 0 Å². The van der Waals surface area contributed by atoms with Crippen LogP contribution < -0.4 is 5.32 Å². The molecule has 1 aromatic rings. The van der Waals surface area contributed by atoms with Crippen molar-refractivity contribution in [3.63, 3.8) is 0 Å². The molecule has 0 aromatic carbocycles. The second kappa shape index (κ2) is 7.51. The zero-order chi connectivity index (χ0) is 13.5. The van der Waals surface area contributed by atoms with Crippen molar-refractivity contribution in [3.05, 3.63) is 18.2 Å². The number of hydrogen-bond acceptors (Lipinski definition) is 4. The van der Waals surface area contributed by atoms with Crippen LogP contribution in [0.3, 0.4) is 0 Å². The summed E-state index contributed by atoms with van der Waals surface area (Å²) in [6.45, 7) is 7.31. The monoisotopic (exact) mass is 254 g/mol. The van der Waals surface area contributed by atoms with Gasteiger partial charge in [0.1, 0.15) is 5.82 Å². The van der Waals surface area contributed by atoms with Crippen molar-refractivity contribution in [2.24, 2.45) is 13.0 Å². The number of aromatic nitrogens is 2. The van der Waals surface area contributed by atoms with Gasteiger partial charge in [0.2, 0.25) is 0 Å².